The highest BCUT2D eigenvalue weighted by atomic mass is 35.5. The highest BCUT2D eigenvalue weighted by Crippen LogP contribution is 2.27. The Morgan fingerprint density at radius 2 is 2.31 bits per heavy atom. The number of carbonyl (C=O) groups is 1. The lowest BCUT2D eigenvalue weighted by Crippen LogP contribution is -1.99. The van der Waals surface area contributed by atoms with E-state index in [4.69, 9.17) is 11.6 Å². The van der Waals surface area contributed by atoms with Gasteiger partial charge in [0.15, 0.2) is 0 Å². The lowest BCUT2D eigenvalue weighted by molar-refractivity contribution is -0.105. The summed E-state index contributed by atoms with van der Waals surface area (Å²) in [5, 5.41) is 2.86. The van der Waals surface area contributed by atoms with Crippen LogP contribution in [0.15, 0.2) is 18.2 Å². The van der Waals surface area contributed by atoms with Gasteiger partial charge in [-0.25, -0.2) is 4.39 Å². The fourth-order valence-corrected chi connectivity index (χ4v) is 1.24. The molecule has 1 rings (SSSR count). The first-order valence-electron chi connectivity index (χ1n) is 3.79. The number of benzene rings is 1. The van der Waals surface area contributed by atoms with Crippen LogP contribution in [0.3, 0.4) is 0 Å². The average molecular weight is 202 g/mol. The second-order valence-electron chi connectivity index (χ2n) is 2.61. The number of hydrogen-bond donors (Lipinski definition) is 1. The number of amides is 1. The largest absolute Gasteiger partial charge is 0.328 e. The topological polar surface area (TPSA) is 29.1 Å². The first-order chi connectivity index (χ1) is 6.15. The summed E-state index contributed by atoms with van der Waals surface area (Å²) in [5.41, 5.74) is 0.842. The monoisotopic (exact) mass is 201 g/mol. The number of carbonyl (C=O) groups excluding carboxylic acids is 1. The van der Waals surface area contributed by atoms with Crippen molar-refractivity contribution in [2.45, 2.75) is 13.1 Å². The van der Waals surface area contributed by atoms with Crippen LogP contribution in [0.4, 0.5) is 10.1 Å². The molecule has 0 radical (unpaired) electrons. The van der Waals surface area contributed by atoms with Gasteiger partial charge in [0, 0.05) is 16.3 Å². The van der Waals surface area contributed by atoms with E-state index in [0.717, 1.165) is 0 Å². The molecule has 1 N–H and O–H groups in total. The third kappa shape index (κ3) is 2.42. The summed E-state index contributed by atoms with van der Waals surface area (Å²) in [4.78, 5) is 10.2. The van der Waals surface area contributed by atoms with Gasteiger partial charge in [0.05, 0.1) is 0 Å². The van der Waals surface area contributed by atoms with Gasteiger partial charge in [0.1, 0.15) is 6.17 Å². The number of nitrogens with one attached hydrogen (secondary N) is 1. The van der Waals surface area contributed by atoms with E-state index >= 15 is 0 Å². The highest BCUT2D eigenvalue weighted by molar-refractivity contribution is 6.30. The van der Waals surface area contributed by atoms with Gasteiger partial charge in [-0.3, -0.25) is 4.79 Å². The molecule has 0 saturated carbocycles. The van der Waals surface area contributed by atoms with E-state index in [2.05, 4.69) is 5.32 Å². The molecule has 4 heteroatoms. The fourth-order valence-electron chi connectivity index (χ4n) is 1.06. The van der Waals surface area contributed by atoms with Gasteiger partial charge in [0.25, 0.3) is 0 Å². The zero-order valence-corrected chi connectivity index (χ0v) is 7.81. The maximum atomic E-state index is 13.0. The molecule has 0 fully saturated rings. The molecule has 0 spiro atoms. The molecule has 70 valence electrons. The molecule has 0 aliphatic carbocycles. The predicted octanol–water partition coefficient (Wildman–Crippen LogP) is 2.94. The van der Waals surface area contributed by atoms with Crippen LogP contribution in [0.25, 0.3) is 0 Å². The Bertz CT molecular complexity index is 314. The van der Waals surface area contributed by atoms with Gasteiger partial charge < -0.3 is 5.32 Å². The highest BCUT2D eigenvalue weighted by Gasteiger charge is 2.08. The molecule has 13 heavy (non-hydrogen) atoms. The van der Waals surface area contributed by atoms with E-state index in [1.807, 2.05) is 0 Å². The number of anilines is 1. The minimum absolute atomic E-state index is 0.414. The molecule has 0 bridgehead atoms. The molecule has 1 atom stereocenters. The summed E-state index contributed by atoms with van der Waals surface area (Å²) in [6, 6.07) is 4.66. The van der Waals surface area contributed by atoms with E-state index in [1.165, 1.54) is 13.0 Å². The van der Waals surface area contributed by atoms with Crippen molar-refractivity contribution >= 4 is 23.7 Å². The van der Waals surface area contributed by atoms with Crippen LogP contribution in [-0.4, -0.2) is 6.41 Å². The van der Waals surface area contributed by atoms with Gasteiger partial charge in [-0.15, -0.1) is 0 Å². The molecule has 1 amide bonds. The first-order valence-corrected chi connectivity index (χ1v) is 4.16. The van der Waals surface area contributed by atoms with E-state index in [1.54, 1.807) is 12.1 Å². The van der Waals surface area contributed by atoms with Crippen LogP contribution in [0.1, 0.15) is 18.7 Å². The smallest absolute Gasteiger partial charge is 0.211 e. The van der Waals surface area contributed by atoms with Crippen molar-refractivity contribution in [1.29, 1.82) is 0 Å². The van der Waals surface area contributed by atoms with Crippen molar-refractivity contribution < 1.29 is 9.18 Å². The first kappa shape index (κ1) is 9.99. The van der Waals surface area contributed by atoms with Crippen LogP contribution in [-0.2, 0) is 4.79 Å². The van der Waals surface area contributed by atoms with E-state index < -0.39 is 6.17 Å². The third-order valence-electron chi connectivity index (χ3n) is 1.66. The quantitative estimate of drug-likeness (QED) is 0.749. The molecule has 0 saturated heterocycles. The normalized spacial score (nSPS) is 12.2. The minimum atomic E-state index is -1.13. The Balaban J connectivity index is 3.10. The second-order valence-corrected chi connectivity index (χ2v) is 3.05. The summed E-state index contributed by atoms with van der Waals surface area (Å²) < 4.78 is 13.0. The van der Waals surface area contributed by atoms with Gasteiger partial charge in [-0.2, -0.15) is 0 Å². The van der Waals surface area contributed by atoms with Crippen LogP contribution in [0.5, 0.6) is 0 Å². The maximum absolute atomic E-state index is 13.0. The van der Waals surface area contributed by atoms with Gasteiger partial charge in [-0.1, -0.05) is 17.7 Å². The molecule has 1 unspecified atom stereocenters. The predicted molar refractivity (Wildman–Crippen MR) is 50.7 cm³/mol. The van der Waals surface area contributed by atoms with Crippen molar-refractivity contribution in [3.63, 3.8) is 0 Å². The van der Waals surface area contributed by atoms with Crippen LogP contribution in [0, 0.1) is 0 Å². The Labute approximate surface area is 80.7 Å². The molecular weight excluding hydrogens is 193 g/mol. The number of hydrogen-bond acceptors (Lipinski definition) is 1. The molecule has 1 aromatic carbocycles. The van der Waals surface area contributed by atoms with Crippen molar-refractivity contribution in [2.75, 3.05) is 5.32 Å². The average Bonchev–Trinajstić information content (AvgIpc) is 2.04. The van der Waals surface area contributed by atoms with E-state index in [0.29, 0.717) is 22.7 Å². The van der Waals surface area contributed by atoms with Crippen molar-refractivity contribution in [3.8, 4) is 0 Å². The second kappa shape index (κ2) is 4.23. The standard InChI is InChI=1S/C9H9ClFNO/c1-6(11)8-3-2-7(10)4-9(8)12-5-13/h2-6H,1H3,(H,12,13). The Kier molecular flexibility index (Phi) is 3.25. The number of rotatable bonds is 3. The molecule has 0 heterocycles. The lowest BCUT2D eigenvalue weighted by Gasteiger charge is -2.09. The lowest BCUT2D eigenvalue weighted by atomic mass is 10.1. The van der Waals surface area contributed by atoms with Gasteiger partial charge in [0.2, 0.25) is 6.41 Å². The molecule has 0 aliphatic heterocycles. The summed E-state index contributed by atoms with van der Waals surface area (Å²) in [6.45, 7) is 1.40. The van der Waals surface area contributed by atoms with E-state index in [-0.39, 0.29) is 0 Å². The van der Waals surface area contributed by atoms with Crippen LogP contribution < -0.4 is 5.32 Å². The SMILES string of the molecule is CC(F)c1ccc(Cl)cc1NC=O. The van der Waals surface area contributed by atoms with Gasteiger partial charge >= 0.3 is 0 Å². The van der Waals surface area contributed by atoms with Crippen LogP contribution >= 0.6 is 11.6 Å². The summed E-state index contributed by atoms with van der Waals surface area (Å²) >= 11 is 5.68. The summed E-state index contributed by atoms with van der Waals surface area (Å²) in [7, 11) is 0. The molecule has 1 aromatic rings. The zero-order chi connectivity index (χ0) is 9.84. The maximum Gasteiger partial charge on any atom is 0.211 e. The molecule has 0 aliphatic rings. The van der Waals surface area contributed by atoms with Crippen LogP contribution in [0.2, 0.25) is 5.02 Å². The van der Waals surface area contributed by atoms with Gasteiger partial charge in [-0.05, 0) is 19.1 Å². The fraction of sp³-hybridized carbons (Fsp3) is 0.222. The third-order valence-corrected chi connectivity index (χ3v) is 1.89. The number of halogens is 2. The van der Waals surface area contributed by atoms with Crippen molar-refractivity contribution in [3.05, 3.63) is 28.8 Å². The molecule has 0 aromatic heterocycles. The Morgan fingerprint density at radius 1 is 1.62 bits per heavy atom. The van der Waals surface area contributed by atoms with Crippen molar-refractivity contribution in [2.24, 2.45) is 0 Å². The Hall–Kier alpha value is -1.09. The summed E-state index contributed by atoms with van der Waals surface area (Å²) in [5.74, 6) is 0. The zero-order valence-electron chi connectivity index (χ0n) is 7.05. The number of alkyl halides is 1. The van der Waals surface area contributed by atoms with Crippen molar-refractivity contribution in [1.82, 2.24) is 0 Å². The summed E-state index contributed by atoms with van der Waals surface area (Å²) in [6.07, 6.45) is -0.628. The Morgan fingerprint density at radius 3 is 2.85 bits per heavy atom. The molecule has 2 nitrogen and oxygen atoms in total. The van der Waals surface area contributed by atoms with E-state index in [9.17, 15) is 9.18 Å². The molecular formula is C9H9ClFNO. The minimum Gasteiger partial charge on any atom is -0.328 e.